The predicted octanol–water partition coefficient (Wildman–Crippen LogP) is 1.23. The number of nitrogens with one attached hydrogen (secondary N) is 1. The molecule has 2 N–H and O–H groups in total. The third-order valence-corrected chi connectivity index (χ3v) is 3.26. The van der Waals surface area contributed by atoms with E-state index in [1.807, 2.05) is 0 Å². The van der Waals surface area contributed by atoms with E-state index in [4.69, 9.17) is 14.3 Å². The monoisotopic (exact) mass is 296 g/mol. The van der Waals surface area contributed by atoms with Crippen LogP contribution in [0.4, 0.5) is 0 Å². The van der Waals surface area contributed by atoms with E-state index in [1.165, 1.54) is 24.7 Å². The summed E-state index contributed by atoms with van der Waals surface area (Å²) in [4.78, 5) is 26.9. The highest BCUT2D eigenvalue weighted by Gasteiger charge is 2.22. The molecule has 106 valence electrons. The predicted molar refractivity (Wildman–Crippen MR) is 70.6 cm³/mol. The van der Waals surface area contributed by atoms with E-state index in [9.17, 15) is 9.59 Å². The van der Waals surface area contributed by atoms with E-state index in [1.54, 1.807) is 17.5 Å². The molecule has 2 aromatic rings. The zero-order chi connectivity index (χ0) is 14.5. The molecule has 7 nitrogen and oxygen atoms in total. The van der Waals surface area contributed by atoms with Crippen molar-refractivity contribution >= 4 is 23.2 Å². The molecule has 1 unspecified atom stereocenters. The molecule has 0 aromatic carbocycles. The number of hydrogen-bond donors (Lipinski definition) is 2. The van der Waals surface area contributed by atoms with E-state index >= 15 is 0 Å². The number of carboxylic acids is 1. The van der Waals surface area contributed by atoms with Gasteiger partial charge in [0, 0.05) is 12.5 Å². The molecule has 0 aliphatic heterocycles. The van der Waals surface area contributed by atoms with Gasteiger partial charge in [-0.2, -0.15) is 0 Å². The van der Waals surface area contributed by atoms with Gasteiger partial charge in [-0.25, -0.2) is 9.78 Å². The number of carbonyl (C=O) groups excluding carboxylic acids is 1. The molecule has 2 rings (SSSR count). The lowest BCUT2D eigenvalue weighted by molar-refractivity contribution is -0.140. The number of amides is 1. The van der Waals surface area contributed by atoms with Gasteiger partial charge in [0.2, 0.25) is 0 Å². The third kappa shape index (κ3) is 3.22. The number of nitrogens with zero attached hydrogens (tertiary/aromatic N) is 1. The maximum atomic E-state index is 11.9. The Morgan fingerprint density at radius 2 is 2.40 bits per heavy atom. The topological polar surface area (TPSA) is 102 Å². The lowest BCUT2D eigenvalue weighted by Gasteiger charge is -2.12. The number of carboxylic acid groups (broad SMARTS) is 1. The number of rotatable bonds is 6. The Morgan fingerprint density at radius 1 is 1.60 bits per heavy atom. The van der Waals surface area contributed by atoms with Gasteiger partial charge in [-0.3, -0.25) is 4.79 Å². The third-order valence-electron chi connectivity index (χ3n) is 2.41. The van der Waals surface area contributed by atoms with Crippen molar-refractivity contribution in [2.45, 2.75) is 6.04 Å². The van der Waals surface area contributed by atoms with Crippen LogP contribution in [0, 0.1) is 0 Å². The number of methoxy groups -OCH3 is 1. The van der Waals surface area contributed by atoms with Gasteiger partial charge in [0.25, 0.3) is 5.91 Å². The van der Waals surface area contributed by atoms with E-state index in [0.717, 1.165) is 0 Å². The number of ether oxygens (including phenoxy) is 1. The van der Waals surface area contributed by atoms with Crippen molar-refractivity contribution in [2.75, 3.05) is 13.7 Å². The summed E-state index contributed by atoms with van der Waals surface area (Å²) < 4.78 is 9.91. The van der Waals surface area contributed by atoms with Crippen molar-refractivity contribution in [2.24, 2.45) is 0 Å². The molecule has 8 heteroatoms. The highest BCUT2D eigenvalue weighted by molar-refractivity contribution is 7.13. The van der Waals surface area contributed by atoms with Gasteiger partial charge < -0.3 is 19.6 Å². The molecular weight excluding hydrogens is 284 g/mol. The summed E-state index contributed by atoms with van der Waals surface area (Å²) in [6.07, 6.45) is 1.51. The summed E-state index contributed by atoms with van der Waals surface area (Å²) in [6.45, 7) is -0.115. The van der Waals surface area contributed by atoms with Crippen LogP contribution in [0.15, 0.2) is 28.2 Å². The summed E-state index contributed by atoms with van der Waals surface area (Å²) in [5, 5.41) is 13.4. The highest BCUT2D eigenvalue weighted by atomic mass is 32.1. The van der Waals surface area contributed by atoms with E-state index in [0.29, 0.717) is 10.8 Å². The number of thiazole rings is 1. The zero-order valence-corrected chi connectivity index (χ0v) is 11.3. The summed E-state index contributed by atoms with van der Waals surface area (Å²) in [6, 6.07) is 2.34. The van der Waals surface area contributed by atoms with Gasteiger partial charge >= 0.3 is 5.97 Å². The van der Waals surface area contributed by atoms with Crippen molar-refractivity contribution in [3.05, 3.63) is 29.5 Å². The Bertz CT molecular complexity index is 593. The van der Waals surface area contributed by atoms with Gasteiger partial charge in [-0.05, 0) is 12.1 Å². The molecule has 0 aliphatic carbocycles. The maximum absolute atomic E-state index is 11.9. The van der Waals surface area contributed by atoms with Crippen molar-refractivity contribution in [1.29, 1.82) is 0 Å². The van der Waals surface area contributed by atoms with Gasteiger partial charge in [0.1, 0.15) is 5.69 Å². The second kappa shape index (κ2) is 6.31. The van der Waals surface area contributed by atoms with Crippen LogP contribution in [0.25, 0.3) is 10.8 Å². The smallest absolute Gasteiger partial charge is 0.328 e. The zero-order valence-electron chi connectivity index (χ0n) is 10.5. The molecule has 2 aromatic heterocycles. The summed E-state index contributed by atoms with van der Waals surface area (Å²) in [7, 11) is 1.36. The van der Waals surface area contributed by atoms with Crippen molar-refractivity contribution < 1.29 is 23.8 Å². The number of hydrogen-bond acceptors (Lipinski definition) is 6. The van der Waals surface area contributed by atoms with Crippen LogP contribution in [0.5, 0.6) is 0 Å². The van der Waals surface area contributed by atoms with Crippen molar-refractivity contribution in [1.82, 2.24) is 10.3 Å². The highest BCUT2D eigenvalue weighted by Crippen LogP contribution is 2.23. The normalized spacial score (nSPS) is 12.1. The molecule has 0 fully saturated rings. The van der Waals surface area contributed by atoms with Crippen LogP contribution in [0.2, 0.25) is 0 Å². The number of furan rings is 1. The van der Waals surface area contributed by atoms with Crippen molar-refractivity contribution in [3.63, 3.8) is 0 Å². The van der Waals surface area contributed by atoms with Crippen LogP contribution in [-0.2, 0) is 9.53 Å². The first-order chi connectivity index (χ1) is 9.61. The lowest BCUT2D eigenvalue weighted by atomic mass is 10.3. The van der Waals surface area contributed by atoms with Crippen LogP contribution in [0.1, 0.15) is 10.5 Å². The quantitative estimate of drug-likeness (QED) is 0.831. The Balaban J connectivity index is 2.08. The Kier molecular flexibility index (Phi) is 4.49. The minimum atomic E-state index is -1.17. The Hall–Kier alpha value is -2.19. The van der Waals surface area contributed by atoms with Gasteiger partial charge in [0.15, 0.2) is 16.8 Å². The minimum absolute atomic E-state index is 0.115. The molecule has 0 aliphatic rings. The molecule has 0 spiro atoms. The second-order valence-electron chi connectivity index (χ2n) is 3.83. The standard InChI is InChI=1S/C12H12N2O5S/c1-18-5-7(12(16)17)13-10(15)8-6-20-11(14-8)9-3-2-4-19-9/h2-4,6-7H,5H2,1H3,(H,13,15)(H,16,17). The Morgan fingerprint density at radius 3 is 3.00 bits per heavy atom. The fourth-order valence-electron chi connectivity index (χ4n) is 1.46. The molecule has 0 radical (unpaired) electrons. The SMILES string of the molecule is COCC(NC(=O)c1csc(-c2ccco2)n1)C(=O)O. The lowest BCUT2D eigenvalue weighted by Crippen LogP contribution is -2.43. The summed E-state index contributed by atoms with van der Waals surface area (Å²) >= 11 is 1.24. The fourth-order valence-corrected chi connectivity index (χ4v) is 2.23. The Labute approximate surface area is 118 Å². The van der Waals surface area contributed by atoms with E-state index in [2.05, 4.69) is 10.3 Å². The van der Waals surface area contributed by atoms with Crippen LogP contribution >= 0.6 is 11.3 Å². The minimum Gasteiger partial charge on any atom is -0.480 e. The van der Waals surface area contributed by atoms with Gasteiger partial charge in [-0.15, -0.1) is 11.3 Å². The first-order valence-corrected chi connectivity index (χ1v) is 6.51. The number of aliphatic carboxylic acids is 1. The fraction of sp³-hybridized carbons (Fsp3) is 0.250. The van der Waals surface area contributed by atoms with Crippen molar-refractivity contribution in [3.8, 4) is 10.8 Å². The molecule has 20 heavy (non-hydrogen) atoms. The first-order valence-electron chi connectivity index (χ1n) is 5.64. The molecule has 2 heterocycles. The largest absolute Gasteiger partial charge is 0.480 e. The van der Waals surface area contributed by atoms with E-state index in [-0.39, 0.29) is 12.3 Å². The molecule has 0 saturated carbocycles. The summed E-state index contributed by atoms with van der Waals surface area (Å²) in [5.74, 6) is -1.18. The van der Waals surface area contributed by atoms with Crippen LogP contribution < -0.4 is 5.32 Å². The molecule has 1 amide bonds. The maximum Gasteiger partial charge on any atom is 0.328 e. The summed E-state index contributed by atoms with van der Waals surface area (Å²) in [5.41, 5.74) is 0.142. The molecular formula is C12H12N2O5S. The van der Waals surface area contributed by atoms with Gasteiger partial charge in [-0.1, -0.05) is 0 Å². The van der Waals surface area contributed by atoms with Crippen LogP contribution in [-0.4, -0.2) is 41.7 Å². The molecule has 1 atom stereocenters. The molecule has 0 bridgehead atoms. The second-order valence-corrected chi connectivity index (χ2v) is 4.69. The van der Waals surface area contributed by atoms with E-state index < -0.39 is 17.9 Å². The number of aromatic nitrogens is 1. The van der Waals surface area contributed by atoms with Crippen LogP contribution in [0.3, 0.4) is 0 Å². The first kappa shape index (κ1) is 14.2. The average molecular weight is 296 g/mol. The number of carbonyl (C=O) groups is 2. The van der Waals surface area contributed by atoms with Gasteiger partial charge in [0.05, 0.1) is 12.9 Å². The molecule has 0 saturated heterocycles. The average Bonchev–Trinajstić information content (AvgIpc) is 3.08.